The molecule has 0 aliphatic rings. The lowest BCUT2D eigenvalue weighted by atomic mass is 10.1. The van der Waals surface area contributed by atoms with Gasteiger partial charge in [0.05, 0.1) is 11.1 Å². The molecule has 1 aromatic heterocycles. The number of hydrogen-bond acceptors (Lipinski definition) is 4. The van der Waals surface area contributed by atoms with Gasteiger partial charge in [-0.2, -0.15) is 11.8 Å². The summed E-state index contributed by atoms with van der Waals surface area (Å²) in [6.07, 6.45) is 4.08. The number of hydrogen-bond donors (Lipinski definition) is 0. The largest absolute Gasteiger partial charge is 0.359 e. The van der Waals surface area contributed by atoms with Crippen LogP contribution in [0.25, 0.3) is 10.9 Å². The topological polar surface area (TPSA) is 33.2 Å². The number of aldehydes is 1. The van der Waals surface area contributed by atoms with Crippen LogP contribution in [0.4, 0.5) is 5.82 Å². The first-order valence-electron chi connectivity index (χ1n) is 6.31. The van der Waals surface area contributed by atoms with Crippen LogP contribution in [0.2, 0.25) is 0 Å². The summed E-state index contributed by atoms with van der Waals surface area (Å²) in [7, 11) is 1.99. The number of pyridine rings is 1. The van der Waals surface area contributed by atoms with Crippen LogP contribution < -0.4 is 4.90 Å². The van der Waals surface area contributed by atoms with Crippen LogP contribution in [-0.4, -0.2) is 36.9 Å². The van der Waals surface area contributed by atoms with Gasteiger partial charge in [-0.05, 0) is 30.6 Å². The van der Waals surface area contributed by atoms with Crippen molar-refractivity contribution in [1.29, 1.82) is 0 Å². The molecular formula is C15H18N2OS. The van der Waals surface area contributed by atoms with Crippen LogP contribution in [-0.2, 0) is 0 Å². The number of carbonyl (C=O) groups excluding carboxylic acids is 1. The van der Waals surface area contributed by atoms with E-state index in [1.54, 1.807) is 0 Å². The Kier molecular flexibility index (Phi) is 4.80. The fourth-order valence-electron chi connectivity index (χ4n) is 2.07. The second-order valence-corrected chi connectivity index (χ2v) is 5.47. The molecule has 0 saturated carbocycles. The second-order valence-electron chi connectivity index (χ2n) is 4.48. The lowest BCUT2D eigenvalue weighted by Gasteiger charge is -2.20. The molecule has 0 aliphatic carbocycles. The molecule has 0 atom stereocenters. The summed E-state index contributed by atoms with van der Waals surface area (Å²) in [5.41, 5.74) is 1.59. The summed E-state index contributed by atoms with van der Waals surface area (Å²) in [6.45, 7) is 0.910. The van der Waals surface area contributed by atoms with Crippen molar-refractivity contribution in [2.75, 3.05) is 30.5 Å². The molecule has 1 heterocycles. The lowest BCUT2D eigenvalue weighted by Crippen LogP contribution is -2.21. The van der Waals surface area contributed by atoms with Crippen molar-refractivity contribution in [3.63, 3.8) is 0 Å². The molecule has 3 nitrogen and oxygen atoms in total. The van der Waals surface area contributed by atoms with Gasteiger partial charge in [-0.3, -0.25) is 4.79 Å². The van der Waals surface area contributed by atoms with E-state index in [1.807, 2.05) is 49.1 Å². The van der Waals surface area contributed by atoms with Crippen LogP contribution in [0.3, 0.4) is 0 Å². The Hall–Kier alpha value is -1.55. The highest BCUT2D eigenvalue weighted by atomic mass is 32.2. The van der Waals surface area contributed by atoms with Crippen LogP contribution in [0.15, 0.2) is 30.3 Å². The fourth-order valence-corrected chi connectivity index (χ4v) is 2.48. The molecule has 0 unspecified atom stereocenters. The first-order valence-corrected chi connectivity index (χ1v) is 7.70. The Morgan fingerprint density at radius 1 is 1.37 bits per heavy atom. The molecule has 100 valence electrons. The lowest BCUT2D eigenvalue weighted by molar-refractivity contribution is 0.112. The van der Waals surface area contributed by atoms with Gasteiger partial charge in [0.25, 0.3) is 0 Å². The van der Waals surface area contributed by atoms with Gasteiger partial charge in [-0.15, -0.1) is 0 Å². The molecule has 0 saturated heterocycles. The van der Waals surface area contributed by atoms with Crippen molar-refractivity contribution in [1.82, 2.24) is 4.98 Å². The number of carbonyl (C=O) groups is 1. The number of aromatic nitrogens is 1. The minimum Gasteiger partial charge on any atom is -0.359 e. The molecule has 1 aromatic carbocycles. The van der Waals surface area contributed by atoms with E-state index < -0.39 is 0 Å². The molecule has 4 heteroatoms. The average Bonchev–Trinajstić information content (AvgIpc) is 2.46. The predicted octanol–water partition coefficient (Wildman–Crippen LogP) is 3.24. The molecule has 0 amide bonds. The molecule has 2 rings (SSSR count). The summed E-state index contributed by atoms with van der Waals surface area (Å²) >= 11 is 1.83. The zero-order valence-corrected chi connectivity index (χ0v) is 12.1. The maximum Gasteiger partial charge on any atom is 0.153 e. The highest BCUT2D eigenvalue weighted by Gasteiger charge is 2.10. The second kappa shape index (κ2) is 6.57. The van der Waals surface area contributed by atoms with E-state index >= 15 is 0 Å². The van der Waals surface area contributed by atoms with Crippen LogP contribution in [0.1, 0.15) is 16.8 Å². The van der Waals surface area contributed by atoms with Crippen molar-refractivity contribution < 1.29 is 4.79 Å². The Balaban J connectivity index is 2.32. The normalized spacial score (nSPS) is 10.6. The highest BCUT2D eigenvalue weighted by Crippen LogP contribution is 2.21. The first kappa shape index (κ1) is 13.9. The van der Waals surface area contributed by atoms with Gasteiger partial charge in [-0.1, -0.05) is 18.2 Å². The third-order valence-electron chi connectivity index (χ3n) is 3.06. The summed E-state index contributed by atoms with van der Waals surface area (Å²) in [5, 5.41) is 1.01. The number of thioether (sulfide) groups is 1. The van der Waals surface area contributed by atoms with Crippen LogP contribution in [0, 0.1) is 0 Å². The van der Waals surface area contributed by atoms with Crippen molar-refractivity contribution in [2.24, 2.45) is 0 Å². The van der Waals surface area contributed by atoms with Gasteiger partial charge in [0.2, 0.25) is 0 Å². The van der Waals surface area contributed by atoms with Gasteiger partial charge in [0.15, 0.2) is 6.29 Å². The zero-order chi connectivity index (χ0) is 13.7. The van der Waals surface area contributed by atoms with Gasteiger partial charge < -0.3 is 4.90 Å². The number of anilines is 1. The first-order chi connectivity index (χ1) is 9.26. The number of fused-ring (bicyclic) bond motifs is 1. The van der Waals surface area contributed by atoms with Gasteiger partial charge >= 0.3 is 0 Å². The molecule has 0 spiro atoms. The Labute approximate surface area is 118 Å². The smallest absolute Gasteiger partial charge is 0.153 e. The van der Waals surface area contributed by atoms with Gasteiger partial charge in [0.1, 0.15) is 5.82 Å². The number of nitrogens with zero attached hydrogens (tertiary/aromatic N) is 2. The fraction of sp³-hybridized carbons (Fsp3) is 0.333. The Bertz CT molecular complexity index is 571. The summed E-state index contributed by atoms with van der Waals surface area (Å²) in [6, 6.07) is 9.79. The maximum atomic E-state index is 11.2. The minimum atomic E-state index is 0.658. The monoisotopic (exact) mass is 274 g/mol. The number of rotatable bonds is 6. The highest BCUT2D eigenvalue weighted by molar-refractivity contribution is 7.98. The van der Waals surface area contributed by atoms with E-state index in [1.165, 1.54) is 0 Å². The van der Waals surface area contributed by atoms with E-state index in [0.717, 1.165) is 41.7 Å². The molecule has 0 aliphatic heterocycles. The van der Waals surface area contributed by atoms with Crippen molar-refractivity contribution in [2.45, 2.75) is 6.42 Å². The molecule has 0 bridgehead atoms. The molecule has 0 radical (unpaired) electrons. The van der Waals surface area contributed by atoms with E-state index in [0.29, 0.717) is 5.56 Å². The average molecular weight is 274 g/mol. The molecule has 19 heavy (non-hydrogen) atoms. The van der Waals surface area contributed by atoms with Crippen molar-refractivity contribution in [3.8, 4) is 0 Å². The SMILES string of the molecule is CSCCCN(C)c1nc2ccccc2cc1C=O. The third-order valence-corrected chi connectivity index (χ3v) is 3.76. The van der Waals surface area contributed by atoms with Crippen LogP contribution in [0.5, 0.6) is 0 Å². The van der Waals surface area contributed by atoms with E-state index in [9.17, 15) is 4.79 Å². The maximum absolute atomic E-state index is 11.2. The van der Waals surface area contributed by atoms with E-state index in [4.69, 9.17) is 0 Å². The Morgan fingerprint density at radius 2 is 2.16 bits per heavy atom. The van der Waals surface area contributed by atoms with Gasteiger partial charge in [0, 0.05) is 19.0 Å². The third kappa shape index (κ3) is 3.26. The summed E-state index contributed by atoms with van der Waals surface area (Å²) in [5.74, 6) is 1.89. The molecule has 0 fully saturated rings. The molecule has 0 N–H and O–H groups in total. The Morgan fingerprint density at radius 3 is 2.89 bits per heavy atom. The number of para-hydroxylation sites is 1. The molecule has 2 aromatic rings. The van der Waals surface area contributed by atoms with E-state index in [2.05, 4.69) is 16.1 Å². The zero-order valence-electron chi connectivity index (χ0n) is 11.3. The quantitative estimate of drug-likeness (QED) is 0.598. The summed E-state index contributed by atoms with van der Waals surface area (Å²) in [4.78, 5) is 17.9. The minimum absolute atomic E-state index is 0.658. The predicted molar refractivity (Wildman–Crippen MR) is 83.4 cm³/mol. The van der Waals surface area contributed by atoms with Crippen molar-refractivity contribution in [3.05, 3.63) is 35.9 Å². The van der Waals surface area contributed by atoms with Crippen molar-refractivity contribution >= 4 is 34.8 Å². The standard InChI is InChI=1S/C15H18N2OS/c1-17(8-5-9-19-2)15-13(11-18)10-12-6-3-4-7-14(12)16-15/h3-4,6-7,10-11H,5,8-9H2,1-2H3. The molecular weight excluding hydrogens is 256 g/mol. The van der Waals surface area contributed by atoms with Gasteiger partial charge in [-0.25, -0.2) is 4.98 Å². The van der Waals surface area contributed by atoms with E-state index in [-0.39, 0.29) is 0 Å². The summed E-state index contributed by atoms with van der Waals surface area (Å²) < 4.78 is 0. The number of benzene rings is 1. The van der Waals surface area contributed by atoms with Crippen LogP contribution >= 0.6 is 11.8 Å².